The number of nitrogens with one attached hydrogen (secondary N) is 1. The van der Waals surface area contributed by atoms with Crippen molar-refractivity contribution in [1.29, 1.82) is 0 Å². The molecule has 1 aliphatic rings. The normalized spacial score (nSPS) is 20.4. The van der Waals surface area contributed by atoms with E-state index in [4.69, 9.17) is 5.11 Å². The molecule has 2 N–H and O–H groups in total. The summed E-state index contributed by atoms with van der Waals surface area (Å²) in [7, 11) is 0. The van der Waals surface area contributed by atoms with Crippen molar-refractivity contribution in [1.82, 2.24) is 10.2 Å². The molecule has 0 radical (unpaired) electrons. The summed E-state index contributed by atoms with van der Waals surface area (Å²) in [6.07, 6.45) is 2.42. The van der Waals surface area contributed by atoms with Crippen LogP contribution in [0.4, 0.5) is 0 Å². The lowest BCUT2D eigenvalue weighted by molar-refractivity contribution is 0.0697. The summed E-state index contributed by atoms with van der Waals surface area (Å²) in [5.74, 6) is -0.864. The third-order valence-electron chi connectivity index (χ3n) is 3.58. The number of benzene rings is 1. The van der Waals surface area contributed by atoms with Gasteiger partial charge in [0.2, 0.25) is 0 Å². The second-order valence-corrected chi connectivity index (χ2v) is 5.18. The molecule has 0 spiro atoms. The van der Waals surface area contributed by atoms with E-state index in [1.807, 2.05) is 12.1 Å². The molecule has 0 aliphatic carbocycles. The largest absolute Gasteiger partial charge is 0.478 e. The van der Waals surface area contributed by atoms with Crippen molar-refractivity contribution in [3.05, 3.63) is 35.4 Å². The first-order chi connectivity index (χ1) is 9.19. The van der Waals surface area contributed by atoms with E-state index < -0.39 is 5.97 Å². The molecule has 1 aliphatic heterocycles. The van der Waals surface area contributed by atoms with Crippen LogP contribution in [0, 0.1) is 0 Å². The number of rotatable bonds is 5. The molecule has 1 fully saturated rings. The van der Waals surface area contributed by atoms with Crippen molar-refractivity contribution in [2.24, 2.45) is 0 Å². The molecule has 4 heteroatoms. The minimum absolute atomic E-state index is 0.355. The molecule has 0 unspecified atom stereocenters. The van der Waals surface area contributed by atoms with Gasteiger partial charge in [0.25, 0.3) is 0 Å². The van der Waals surface area contributed by atoms with Crippen LogP contribution in [0.1, 0.15) is 35.7 Å². The second kappa shape index (κ2) is 6.68. The van der Waals surface area contributed by atoms with Crippen LogP contribution in [0.25, 0.3) is 0 Å². The fraction of sp³-hybridized carbons (Fsp3) is 0.533. The van der Waals surface area contributed by atoms with Crippen molar-refractivity contribution in [3.63, 3.8) is 0 Å². The molecule has 1 heterocycles. The molecule has 0 bridgehead atoms. The first kappa shape index (κ1) is 14.0. The monoisotopic (exact) mass is 262 g/mol. The van der Waals surface area contributed by atoms with Gasteiger partial charge in [-0.25, -0.2) is 4.79 Å². The summed E-state index contributed by atoms with van der Waals surface area (Å²) < 4.78 is 0. The lowest BCUT2D eigenvalue weighted by Gasteiger charge is -2.33. The summed E-state index contributed by atoms with van der Waals surface area (Å²) in [5, 5.41) is 12.4. The molecule has 104 valence electrons. The van der Waals surface area contributed by atoms with E-state index in [0.717, 1.165) is 26.2 Å². The van der Waals surface area contributed by atoms with Crippen LogP contribution in [0.15, 0.2) is 24.3 Å². The van der Waals surface area contributed by atoms with Crippen LogP contribution >= 0.6 is 0 Å². The molecule has 0 aromatic heterocycles. The zero-order chi connectivity index (χ0) is 13.7. The van der Waals surface area contributed by atoms with Gasteiger partial charge in [-0.15, -0.1) is 0 Å². The van der Waals surface area contributed by atoms with Gasteiger partial charge >= 0.3 is 5.97 Å². The van der Waals surface area contributed by atoms with Crippen molar-refractivity contribution in [2.75, 3.05) is 19.6 Å². The summed E-state index contributed by atoms with van der Waals surface area (Å²) in [6.45, 7) is 6.29. The maximum atomic E-state index is 10.8. The molecular weight excluding hydrogens is 240 g/mol. The van der Waals surface area contributed by atoms with Gasteiger partial charge in [0.1, 0.15) is 0 Å². The Morgan fingerprint density at radius 1 is 1.42 bits per heavy atom. The van der Waals surface area contributed by atoms with Gasteiger partial charge in [0.05, 0.1) is 5.56 Å². The summed E-state index contributed by atoms with van der Waals surface area (Å²) in [4.78, 5) is 13.2. The Labute approximate surface area is 114 Å². The van der Waals surface area contributed by atoms with Gasteiger partial charge in [-0.2, -0.15) is 0 Å². The number of nitrogens with zero attached hydrogens (tertiary/aromatic N) is 1. The predicted molar refractivity (Wildman–Crippen MR) is 75.4 cm³/mol. The number of carboxylic acid groups (broad SMARTS) is 1. The third kappa shape index (κ3) is 4.04. The van der Waals surface area contributed by atoms with Gasteiger partial charge < -0.3 is 10.4 Å². The van der Waals surface area contributed by atoms with Gasteiger partial charge in [-0.3, -0.25) is 4.90 Å². The van der Waals surface area contributed by atoms with Gasteiger partial charge in [-0.05, 0) is 24.1 Å². The lowest BCUT2D eigenvalue weighted by atomic mass is 10.1. The number of carbonyl (C=O) groups is 1. The van der Waals surface area contributed by atoms with Crippen LogP contribution in [-0.4, -0.2) is 41.7 Å². The Bertz CT molecular complexity index is 415. The van der Waals surface area contributed by atoms with Crippen LogP contribution in [0.3, 0.4) is 0 Å². The molecule has 1 aromatic rings. The highest BCUT2D eigenvalue weighted by molar-refractivity contribution is 5.87. The molecule has 4 nitrogen and oxygen atoms in total. The Balaban J connectivity index is 1.91. The van der Waals surface area contributed by atoms with E-state index in [0.29, 0.717) is 11.6 Å². The minimum Gasteiger partial charge on any atom is -0.478 e. The van der Waals surface area contributed by atoms with Crippen molar-refractivity contribution < 1.29 is 9.90 Å². The number of piperazine rings is 1. The quantitative estimate of drug-likeness (QED) is 0.851. The fourth-order valence-corrected chi connectivity index (χ4v) is 2.59. The van der Waals surface area contributed by atoms with Gasteiger partial charge in [0.15, 0.2) is 0 Å². The highest BCUT2D eigenvalue weighted by Gasteiger charge is 2.18. The topological polar surface area (TPSA) is 52.6 Å². The first-order valence-corrected chi connectivity index (χ1v) is 6.97. The standard InChI is InChI=1S/C15H22N2O2/c1-2-3-14-11-17(9-8-16-14)10-12-4-6-13(7-5-12)15(18)19/h4-7,14,16H,2-3,8-11H2,1H3,(H,18,19)/t14-/m0/s1. The maximum absolute atomic E-state index is 10.8. The maximum Gasteiger partial charge on any atom is 0.335 e. The summed E-state index contributed by atoms with van der Waals surface area (Å²) >= 11 is 0. The van der Waals surface area contributed by atoms with Crippen molar-refractivity contribution in [3.8, 4) is 0 Å². The Morgan fingerprint density at radius 3 is 2.79 bits per heavy atom. The van der Waals surface area contributed by atoms with Gasteiger partial charge in [-0.1, -0.05) is 25.5 Å². The number of carboxylic acids is 1. The van der Waals surface area contributed by atoms with E-state index in [9.17, 15) is 4.79 Å². The van der Waals surface area contributed by atoms with E-state index in [-0.39, 0.29) is 0 Å². The third-order valence-corrected chi connectivity index (χ3v) is 3.58. The first-order valence-electron chi connectivity index (χ1n) is 6.97. The lowest BCUT2D eigenvalue weighted by Crippen LogP contribution is -2.50. The molecule has 1 saturated heterocycles. The Kier molecular flexibility index (Phi) is 4.93. The zero-order valence-electron chi connectivity index (χ0n) is 11.4. The van der Waals surface area contributed by atoms with Crippen molar-refractivity contribution >= 4 is 5.97 Å². The highest BCUT2D eigenvalue weighted by Crippen LogP contribution is 2.11. The van der Waals surface area contributed by atoms with Crippen LogP contribution in [0.2, 0.25) is 0 Å². The van der Waals surface area contributed by atoms with Crippen LogP contribution in [-0.2, 0) is 6.54 Å². The summed E-state index contributed by atoms with van der Waals surface area (Å²) in [5.41, 5.74) is 1.54. The number of hydrogen-bond acceptors (Lipinski definition) is 3. The molecule has 2 rings (SSSR count). The molecular formula is C15H22N2O2. The molecule has 1 atom stereocenters. The number of hydrogen-bond donors (Lipinski definition) is 2. The second-order valence-electron chi connectivity index (χ2n) is 5.18. The average molecular weight is 262 g/mol. The predicted octanol–water partition coefficient (Wildman–Crippen LogP) is 1.96. The summed E-state index contributed by atoms with van der Waals surface area (Å²) in [6, 6.07) is 7.80. The van der Waals surface area contributed by atoms with Crippen molar-refractivity contribution in [2.45, 2.75) is 32.4 Å². The van der Waals surface area contributed by atoms with E-state index in [1.165, 1.54) is 18.4 Å². The van der Waals surface area contributed by atoms with Crippen LogP contribution < -0.4 is 5.32 Å². The average Bonchev–Trinajstić information content (AvgIpc) is 2.40. The Hall–Kier alpha value is -1.39. The smallest absolute Gasteiger partial charge is 0.335 e. The SMILES string of the molecule is CCC[C@H]1CN(Cc2ccc(C(=O)O)cc2)CCN1. The van der Waals surface area contributed by atoms with Crippen LogP contribution in [0.5, 0.6) is 0 Å². The van der Waals surface area contributed by atoms with E-state index in [1.54, 1.807) is 12.1 Å². The number of aromatic carboxylic acids is 1. The zero-order valence-corrected chi connectivity index (χ0v) is 11.4. The molecule has 1 aromatic carbocycles. The fourth-order valence-electron chi connectivity index (χ4n) is 2.59. The molecule has 0 saturated carbocycles. The minimum atomic E-state index is -0.864. The van der Waals surface area contributed by atoms with E-state index >= 15 is 0 Å². The Morgan fingerprint density at radius 2 is 2.16 bits per heavy atom. The van der Waals surface area contributed by atoms with E-state index in [2.05, 4.69) is 17.1 Å². The molecule has 19 heavy (non-hydrogen) atoms. The highest BCUT2D eigenvalue weighted by atomic mass is 16.4. The van der Waals surface area contributed by atoms with Gasteiger partial charge in [0, 0.05) is 32.2 Å². The molecule has 0 amide bonds.